The van der Waals surface area contributed by atoms with Crippen LogP contribution in [0.1, 0.15) is 51.2 Å². The lowest BCUT2D eigenvalue weighted by atomic mass is 9.49. The predicted molar refractivity (Wildman–Crippen MR) is 109 cm³/mol. The number of aryl methyl sites for hydroxylation is 1. The third-order valence-corrected chi connectivity index (χ3v) is 6.32. The van der Waals surface area contributed by atoms with E-state index in [4.69, 9.17) is 4.74 Å². The first-order valence-electron chi connectivity index (χ1n) is 9.81. The molecule has 0 saturated carbocycles. The summed E-state index contributed by atoms with van der Waals surface area (Å²) in [5.41, 5.74) is -1.28. The summed E-state index contributed by atoms with van der Waals surface area (Å²) in [6, 6.07) is 3.35. The standard InChI is InChI=1S/C24H26O5/c1-13-8-17-16-11-18(25)14(2)9-19(16)29-24(12-13)21(27)15(3)10-20(26)23(17,24)7-6-22(4,5)28/h6-11,17,25,28H,12H2,1-5H3/b7-6+. The normalized spacial score (nSPS) is 31.0. The van der Waals surface area contributed by atoms with Gasteiger partial charge in [-0.05, 0) is 64.0 Å². The first kappa shape index (κ1) is 19.6. The van der Waals surface area contributed by atoms with Gasteiger partial charge in [-0.1, -0.05) is 23.8 Å². The van der Waals surface area contributed by atoms with Crippen LogP contribution in [0.25, 0.3) is 0 Å². The number of carbonyl (C=O) groups is 2. The van der Waals surface area contributed by atoms with Crippen molar-refractivity contribution in [1.29, 1.82) is 0 Å². The number of hydrogen-bond acceptors (Lipinski definition) is 5. The predicted octanol–water partition coefficient (Wildman–Crippen LogP) is 3.68. The number of phenols is 1. The van der Waals surface area contributed by atoms with Gasteiger partial charge in [-0.3, -0.25) is 9.59 Å². The van der Waals surface area contributed by atoms with Crippen molar-refractivity contribution in [3.8, 4) is 11.5 Å². The van der Waals surface area contributed by atoms with Crippen LogP contribution in [-0.2, 0) is 9.59 Å². The average molecular weight is 394 g/mol. The highest BCUT2D eigenvalue weighted by Gasteiger charge is 2.70. The number of ketones is 2. The van der Waals surface area contributed by atoms with E-state index in [1.165, 1.54) is 6.08 Å². The van der Waals surface area contributed by atoms with Crippen molar-refractivity contribution in [2.45, 2.75) is 58.2 Å². The Morgan fingerprint density at radius 2 is 1.90 bits per heavy atom. The molecule has 152 valence electrons. The molecule has 1 aliphatic heterocycles. The Hall–Kier alpha value is -2.66. The van der Waals surface area contributed by atoms with Crippen molar-refractivity contribution in [2.75, 3.05) is 0 Å². The molecule has 29 heavy (non-hydrogen) atoms. The van der Waals surface area contributed by atoms with Crippen molar-refractivity contribution < 1.29 is 24.5 Å². The zero-order chi connectivity index (χ0) is 21.4. The van der Waals surface area contributed by atoms with Crippen molar-refractivity contribution in [3.63, 3.8) is 0 Å². The Balaban J connectivity index is 2.11. The van der Waals surface area contributed by atoms with Gasteiger partial charge in [0.15, 0.2) is 11.4 Å². The summed E-state index contributed by atoms with van der Waals surface area (Å²) in [4.78, 5) is 27.1. The Morgan fingerprint density at radius 1 is 1.21 bits per heavy atom. The van der Waals surface area contributed by atoms with Gasteiger partial charge < -0.3 is 14.9 Å². The number of aromatic hydroxyl groups is 1. The molecule has 0 saturated heterocycles. The van der Waals surface area contributed by atoms with Crippen molar-refractivity contribution in [1.82, 2.24) is 0 Å². The molecule has 2 N–H and O–H groups in total. The highest BCUT2D eigenvalue weighted by molar-refractivity contribution is 6.18. The number of Topliss-reactive ketones (excluding diaryl/α,β-unsaturated/α-hetero) is 1. The molecule has 3 atom stereocenters. The van der Waals surface area contributed by atoms with Gasteiger partial charge in [-0.25, -0.2) is 0 Å². The van der Waals surface area contributed by atoms with Crippen LogP contribution in [0.2, 0.25) is 0 Å². The van der Waals surface area contributed by atoms with Crippen LogP contribution in [0.4, 0.5) is 0 Å². The maximum atomic E-state index is 13.6. The molecule has 0 spiro atoms. The molecule has 4 rings (SSSR count). The largest absolute Gasteiger partial charge is 0.508 e. The summed E-state index contributed by atoms with van der Waals surface area (Å²) < 4.78 is 6.43. The Kier molecular flexibility index (Phi) is 4.01. The molecule has 2 bridgehead atoms. The second-order valence-electron chi connectivity index (χ2n) is 9.15. The number of hydrogen-bond donors (Lipinski definition) is 2. The van der Waals surface area contributed by atoms with Crippen LogP contribution in [-0.4, -0.2) is 33.0 Å². The molecule has 0 amide bonds. The van der Waals surface area contributed by atoms with E-state index in [1.54, 1.807) is 52.0 Å². The summed E-state index contributed by atoms with van der Waals surface area (Å²) >= 11 is 0. The minimum atomic E-state index is -1.41. The minimum Gasteiger partial charge on any atom is -0.508 e. The van der Waals surface area contributed by atoms with E-state index in [1.807, 2.05) is 13.0 Å². The number of aliphatic hydroxyl groups is 1. The van der Waals surface area contributed by atoms with Gasteiger partial charge in [0.25, 0.3) is 0 Å². The lowest BCUT2D eigenvalue weighted by molar-refractivity contribution is -0.157. The summed E-state index contributed by atoms with van der Waals surface area (Å²) in [5, 5.41) is 20.7. The van der Waals surface area contributed by atoms with Gasteiger partial charge in [-0.15, -0.1) is 0 Å². The molecule has 1 aromatic carbocycles. The Bertz CT molecular complexity index is 1040. The molecule has 3 aliphatic rings. The number of phenolic OH excluding ortho intramolecular Hbond substituents is 1. The lowest BCUT2D eigenvalue weighted by Crippen LogP contribution is -2.68. The van der Waals surface area contributed by atoms with E-state index in [2.05, 4.69) is 0 Å². The fourth-order valence-electron chi connectivity index (χ4n) is 4.95. The Labute approximate surface area is 170 Å². The first-order valence-corrected chi connectivity index (χ1v) is 9.81. The zero-order valence-corrected chi connectivity index (χ0v) is 17.4. The van der Waals surface area contributed by atoms with Crippen LogP contribution in [0.15, 0.2) is 47.6 Å². The number of carbonyl (C=O) groups excluding carboxylic acids is 2. The monoisotopic (exact) mass is 394 g/mol. The molecular weight excluding hydrogens is 368 g/mol. The number of ether oxygens (including phenoxy) is 1. The average Bonchev–Trinajstić information content (AvgIpc) is 2.60. The molecule has 0 aromatic heterocycles. The SMILES string of the molecule is CC1=CC2c3cc(O)c(C)cc3OC3(C1)C(=O)C(C)=CC(=O)C23/C=C/C(C)(C)O. The highest BCUT2D eigenvalue weighted by Crippen LogP contribution is 2.63. The van der Waals surface area contributed by atoms with E-state index < -0.39 is 22.5 Å². The molecule has 1 aromatic rings. The topological polar surface area (TPSA) is 83.8 Å². The van der Waals surface area contributed by atoms with Crippen LogP contribution < -0.4 is 4.74 Å². The smallest absolute Gasteiger partial charge is 0.203 e. The van der Waals surface area contributed by atoms with Gasteiger partial charge >= 0.3 is 0 Å². The van der Waals surface area contributed by atoms with Crippen LogP contribution in [0.5, 0.6) is 11.5 Å². The van der Waals surface area contributed by atoms with Gasteiger partial charge in [0, 0.05) is 17.9 Å². The fourth-order valence-corrected chi connectivity index (χ4v) is 4.95. The number of fused-ring (bicyclic) bond motifs is 2. The van der Waals surface area contributed by atoms with Gasteiger partial charge in [-0.2, -0.15) is 0 Å². The van der Waals surface area contributed by atoms with Crippen LogP contribution in [0.3, 0.4) is 0 Å². The minimum absolute atomic E-state index is 0.111. The van der Waals surface area contributed by atoms with E-state index in [-0.39, 0.29) is 23.7 Å². The number of benzene rings is 1. The van der Waals surface area contributed by atoms with Gasteiger partial charge in [0.05, 0.1) is 5.60 Å². The summed E-state index contributed by atoms with van der Waals surface area (Å²) in [5.74, 6) is -0.316. The molecule has 5 heteroatoms. The summed E-state index contributed by atoms with van der Waals surface area (Å²) in [6.45, 7) is 8.57. The lowest BCUT2D eigenvalue weighted by Gasteiger charge is -2.57. The highest BCUT2D eigenvalue weighted by atomic mass is 16.5. The molecule has 1 heterocycles. The quantitative estimate of drug-likeness (QED) is 0.748. The first-order chi connectivity index (χ1) is 13.4. The van der Waals surface area contributed by atoms with Crippen LogP contribution >= 0.6 is 0 Å². The van der Waals surface area contributed by atoms with Crippen molar-refractivity contribution in [3.05, 3.63) is 58.7 Å². The summed E-state index contributed by atoms with van der Waals surface area (Å²) in [7, 11) is 0. The second kappa shape index (κ2) is 5.92. The maximum absolute atomic E-state index is 13.6. The second-order valence-corrected chi connectivity index (χ2v) is 9.15. The molecule has 0 fully saturated rings. The van der Waals surface area contributed by atoms with Crippen molar-refractivity contribution in [2.24, 2.45) is 5.41 Å². The fraction of sp³-hybridized carbons (Fsp3) is 0.417. The van der Waals surface area contributed by atoms with Crippen LogP contribution in [0, 0.1) is 12.3 Å². The zero-order valence-electron chi connectivity index (χ0n) is 17.4. The molecular formula is C24H26O5. The molecule has 0 radical (unpaired) electrons. The van der Waals surface area contributed by atoms with E-state index >= 15 is 0 Å². The van der Waals surface area contributed by atoms with Gasteiger partial charge in [0.1, 0.15) is 16.9 Å². The Morgan fingerprint density at radius 3 is 2.55 bits per heavy atom. The molecule has 2 aliphatic carbocycles. The van der Waals surface area contributed by atoms with Crippen molar-refractivity contribution >= 4 is 11.6 Å². The van der Waals surface area contributed by atoms with E-state index in [9.17, 15) is 19.8 Å². The molecule has 5 nitrogen and oxygen atoms in total. The molecule has 3 unspecified atom stereocenters. The van der Waals surface area contributed by atoms with E-state index in [0.29, 0.717) is 22.4 Å². The number of rotatable bonds is 2. The van der Waals surface area contributed by atoms with Gasteiger partial charge in [0.2, 0.25) is 5.78 Å². The maximum Gasteiger partial charge on any atom is 0.203 e. The third kappa shape index (κ3) is 2.57. The summed E-state index contributed by atoms with van der Waals surface area (Å²) in [6.07, 6.45) is 6.88. The number of allylic oxidation sites excluding steroid dienone is 2. The third-order valence-electron chi connectivity index (χ3n) is 6.32. The van der Waals surface area contributed by atoms with E-state index in [0.717, 1.165) is 5.57 Å².